The summed E-state index contributed by atoms with van der Waals surface area (Å²) in [6.07, 6.45) is 4.96. The molecule has 14 heteroatoms. The highest BCUT2D eigenvalue weighted by atomic mass is 32.2. The van der Waals surface area contributed by atoms with Gasteiger partial charge in [0.1, 0.15) is 10.9 Å². The monoisotopic (exact) mass is 477 g/mol. The molecule has 10 N–H and O–H groups in total. The first-order valence-electron chi connectivity index (χ1n) is 8.40. The smallest absolute Gasteiger partial charge is 0.322 e. The molecule has 1 aliphatic carbocycles. The van der Waals surface area contributed by atoms with Crippen LogP contribution in [0.3, 0.4) is 0 Å². The second-order valence-electron chi connectivity index (χ2n) is 6.45. The van der Waals surface area contributed by atoms with Crippen LogP contribution in [0.1, 0.15) is 12.0 Å². The number of hydrogen-bond donors (Lipinski definition) is 7. The van der Waals surface area contributed by atoms with Crippen molar-refractivity contribution < 1.29 is 40.9 Å². The van der Waals surface area contributed by atoms with Crippen LogP contribution in [0.25, 0.3) is 6.08 Å². The normalized spacial score (nSPS) is 17.2. The topological polar surface area (TPSA) is 244 Å². The van der Waals surface area contributed by atoms with Crippen molar-refractivity contribution in [3.05, 3.63) is 58.5 Å². The number of carbonyl (C=O) groups is 1. The lowest BCUT2D eigenvalue weighted by Gasteiger charge is -2.25. The minimum atomic E-state index is -4.54. The molecule has 1 aromatic rings. The van der Waals surface area contributed by atoms with E-state index in [0.717, 1.165) is 0 Å². The summed E-state index contributed by atoms with van der Waals surface area (Å²) in [5.41, 5.74) is 14.9. The predicted octanol–water partition coefficient (Wildman–Crippen LogP) is -0.947. The van der Waals surface area contributed by atoms with Crippen molar-refractivity contribution >= 4 is 32.3 Å². The van der Waals surface area contributed by atoms with Crippen molar-refractivity contribution in [2.24, 2.45) is 17.2 Å². The van der Waals surface area contributed by atoms with Crippen molar-refractivity contribution in [1.29, 1.82) is 0 Å². The summed E-state index contributed by atoms with van der Waals surface area (Å²) in [5.74, 6) is -1.18. The van der Waals surface area contributed by atoms with Crippen molar-refractivity contribution in [3.63, 3.8) is 0 Å². The zero-order chi connectivity index (χ0) is 24.0. The summed E-state index contributed by atoms with van der Waals surface area (Å²) >= 11 is 0. The van der Waals surface area contributed by atoms with Crippen LogP contribution in [-0.4, -0.2) is 60.4 Å². The summed E-state index contributed by atoms with van der Waals surface area (Å²) in [4.78, 5) is 8.93. The first-order valence-corrected chi connectivity index (χ1v) is 11.3. The molecule has 0 aromatic heterocycles. The summed E-state index contributed by atoms with van der Waals surface area (Å²) in [6, 6.07) is 4.49. The number of allylic oxidation sites excluding steroid dienone is 3. The third-order valence-electron chi connectivity index (χ3n) is 3.83. The average molecular weight is 478 g/mol. The molecule has 2 rings (SSSR count). The maximum Gasteiger partial charge on any atom is 0.322 e. The highest BCUT2D eigenvalue weighted by Gasteiger charge is 2.29. The van der Waals surface area contributed by atoms with Gasteiger partial charge in [-0.1, -0.05) is 36.4 Å². The van der Waals surface area contributed by atoms with Crippen LogP contribution in [0, 0.1) is 0 Å². The van der Waals surface area contributed by atoms with E-state index in [1.165, 1.54) is 42.5 Å². The van der Waals surface area contributed by atoms with Gasteiger partial charge < -0.3 is 27.4 Å². The van der Waals surface area contributed by atoms with Gasteiger partial charge in [0.15, 0.2) is 0 Å². The molecule has 12 nitrogen and oxygen atoms in total. The molecule has 0 heterocycles. The Kier molecular flexibility index (Phi) is 8.80. The third-order valence-corrected chi connectivity index (χ3v) is 5.76. The minimum absolute atomic E-state index is 0.106. The Labute approximate surface area is 178 Å². The van der Waals surface area contributed by atoms with E-state index in [9.17, 15) is 30.7 Å². The molecule has 0 saturated carbocycles. The van der Waals surface area contributed by atoms with Gasteiger partial charge in [-0.25, -0.2) is 0 Å². The molecule has 0 fully saturated rings. The largest absolute Gasteiger partial charge is 0.480 e. The summed E-state index contributed by atoms with van der Waals surface area (Å²) in [6.45, 7) is -0.505. The van der Waals surface area contributed by atoms with E-state index in [1.54, 1.807) is 6.07 Å². The van der Waals surface area contributed by atoms with E-state index in [2.05, 4.69) is 0 Å². The van der Waals surface area contributed by atoms with Crippen LogP contribution >= 0.6 is 0 Å². The van der Waals surface area contributed by atoms with Crippen LogP contribution in [0.15, 0.2) is 57.9 Å². The lowest BCUT2D eigenvalue weighted by atomic mass is 9.97. The number of hydrogen-bond acceptors (Lipinski definition) is 9. The van der Waals surface area contributed by atoms with E-state index in [0.29, 0.717) is 0 Å². The fourth-order valence-corrected chi connectivity index (χ4v) is 3.83. The number of nitrogens with two attached hydrogens (primary N) is 3. The molecule has 1 atom stereocenters. The van der Waals surface area contributed by atoms with Crippen LogP contribution in [0.5, 0.6) is 0 Å². The van der Waals surface area contributed by atoms with E-state index < -0.39 is 44.5 Å². The van der Waals surface area contributed by atoms with Gasteiger partial charge in [-0.05, 0) is 23.3 Å². The first-order chi connectivity index (χ1) is 14.1. The molecule has 1 aromatic carbocycles. The zero-order valence-corrected chi connectivity index (χ0v) is 17.6. The molecule has 0 spiro atoms. The second kappa shape index (κ2) is 10.3. The Hall–Kier alpha value is -2.43. The van der Waals surface area contributed by atoms with E-state index in [1.807, 2.05) is 0 Å². The predicted molar refractivity (Wildman–Crippen MR) is 111 cm³/mol. The lowest BCUT2D eigenvalue weighted by molar-refractivity contribution is -0.139. The fourth-order valence-electron chi connectivity index (χ4n) is 2.28. The molecule has 1 aliphatic rings. The maximum atomic E-state index is 11.5. The van der Waals surface area contributed by atoms with Crippen LogP contribution < -0.4 is 17.2 Å². The molecule has 0 unspecified atom stereocenters. The van der Waals surface area contributed by atoms with Crippen molar-refractivity contribution in [1.82, 2.24) is 0 Å². The van der Waals surface area contributed by atoms with Crippen molar-refractivity contribution in [2.75, 3.05) is 6.61 Å². The Morgan fingerprint density at radius 3 is 2.13 bits per heavy atom. The van der Waals surface area contributed by atoms with Gasteiger partial charge >= 0.3 is 5.97 Å². The van der Waals surface area contributed by atoms with Gasteiger partial charge in [0.25, 0.3) is 20.2 Å². The van der Waals surface area contributed by atoms with Gasteiger partial charge in [-0.2, -0.15) is 16.8 Å². The Bertz CT molecular complexity index is 1120. The molecule has 0 amide bonds. The van der Waals surface area contributed by atoms with Gasteiger partial charge in [-0.3, -0.25) is 13.9 Å². The molecular weight excluding hydrogens is 454 g/mol. The van der Waals surface area contributed by atoms with Gasteiger partial charge in [0, 0.05) is 6.42 Å². The number of benzene rings is 1. The number of rotatable bonds is 6. The van der Waals surface area contributed by atoms with E-state index in [-0.39, 0.29) is 27.4 Å². The first kappa shape index (κ1) is 26.6. The quantitative estimate of drug-likeness (QED) is 0.194. The number of aliphatic hydroxyl groups excluding tert-OH is 1. The molecule has 172 valence electrons. The number of aliphatic carboxylic acids is 1. The summed E-state index contributed by atoms with van der Waals surface area (Å²) in [7, 11) is -8.98. The fraction of sp³-hybridized carbons (Fsp3) is 0.235. The van der Waals surface area contributed by atoms with Crippen LogP contribution in [-0.2, 0) is 25.0 Å². The number of aliphatic hydroxyl groups is 1. The SMILES string of the molecule is NC1(N)C=CC(C=Cc2ccccc2S(=O)(=O)O)=C(S(=O)(=O)O)C1.N[C@@H](CO)C(=O)O. The second-order valence-corrected chi connectivity index (χ2v) is 9.28. The maximum absolute atomic E-state index is 11.5. The molecule has 0 radical (unpaired) electrons. The van der Waals surface area contributed by atoms with Crippen molar-refractivity contribution in [2.45, 2.75) is 23.0 Å². The standard InChI is InChI=1S/C14H16N2O6S2.C3H7NO3/c15-14(16)8-7-11(13(9-14)24(20,21)22)6-5-10-3-1-2-4-12(10)23(17,18)19;4-2(1-5)3(6)7/h1-8H,9,15-16H2,(H,17,18,19)(H,20,21,22);2,5H,1,4H2,(H,6,7)/t;2-/m.0/s1. The minimum Gasteiger partial charge on any atom is -0.480 e. The Balaban J connectivity index is 0.000000592. The molecule has 31 heavy (non-hydrogen) atoms. The highest BCUT2D eigenvalue weighted by Crippen LogP contribution is 2.28. The van der Waals surface area contributed by atoms with Crippen molar-refractivity contribution in [3.8, 4) is 0 Å². The lowest BCUT2D eigenvalue weighted by Crippen LogP contribution is -2.49. The molecular formula is C17H23N3O9S2. The van der Waals surface area contributed by atoms with Gasteiger partial charge in [0.2, 0.25) is 0 Å². The van der Waals surface area contributed by atoms with Gasteiger partial charge in [0.05, 0.1) is 17.2 Å². The molecule has 0 bridgehead atoms. The average Bonchev–Trinajstić information content (AvgIpc) is 2.65. The van der Waals surface area contributed by atoms with E-state index in [4.69, 9.17) is 27.4 Å². The summed E-state index contributed by atoms with van der Waals surface area (Å²) in [5, 5.41) is 15.9. The zero-order valence-electron chi connectivity index (χ0n) is 16.0. The summed E-state index contributed by atoms with van der Waals surface area (Å²) < 4.78 is 64.2. The Morgan fingerprint density at radius 2 is 1.68 bits per heavy atom. The third kappa shape index (κ3) is 8.31. The molecule has 0 saturated heterocycles. The van der Waals surface area contributed by atoms with Crippen LogP contribution in [0.2, 0.25) is 0 Å². The molecule has 0 aliphatic heterocycles. The Morgan fingerprint density at radius 1 is 1.10 bits per heavy atom. The number of carboxylic acid groups (broad SMARTS) is 1. The van der Waals surface area contributed by atoms with E-state index >= 15 is 0 Å². The number of carboxylic acids is 1. The highest BCUT2D eigenvalue weighted by molar-refractivity contribution is 7.89. The van der Waals surface area contributed by atoms with Gasteiger partial charge in [-0.15, -0.1) is 0 Å². The van der Waals surface area contributed by atoms with Crippen LogP contribution in [0.4, 0.5) is 0 Å².